The zero-order valence-electron chi connectivity index (χ0n) is 10.5. The summed E-state index contributed by atoms with van der Waals surface area (Å²) in [6.45, 7) is 3.53. The van der Waals surface area contributed by atoms with Gasteiger partial charge >= 0.3 is 0 Å². The number of hydrogen-bond donors (Lipinski definition) is 0. The average molecular weight is 312 g/mol. The van der Waals surface area contributed by atoms with Gasteiger partial charge < -0.3 is 9.64 Å². The van der Waals surface area contributed by atoms with Gasteiger partial charge in [0.25, 0.3) is 5.91 Å². The first-order valence-corrected chi connectivity index (χ1v) is 5.96. The summed E-state index contributed by atoms with van der Waals surface area (Å²) in [5, 5.41) is 0. The van der Waals surface area contributed by atoms with Crippen LogP contribution in [-0.2, 0) is 0 Å². The molecule has 0 spiro atoms. The highest BCUT2D eigenvalue weighted by molar-refractivity contribution is 9.12. The molecule has 96 valence electrons. The highest BCUT2D eigenvalue weighted by Gasteiger charge is 2.20. The van der Waals surface area contributed by atoms with Crippen molar-refractivity contribution in [3.8, 4) is 5.75 Å². The molecule has 5 heteroatoms. The van der Waals surface area contributed by atoms with Crippen molar-refractivity contribution in [1.82, 2.24) is 4.90 Å². The molecule has 0 aromatic heterocycles. The fraction of sp³-hybridized carbons (Fsp3) is 0.231. The van der Waals surface area contributed by atoms with Crippen LogP contribution in [0.3, 0.4) is 0 Å². The van der Waals surface area contributed by atoms with Crippen LogP contribution in [-0.4, -0.2) is 37.8 Å². The number of carbonyl (C=O) groups is 2. The molecule has 0 heterocycles. The van der Waals surface area contributed by atoms with E-state index in [1.165, 1.54) is 12.0 Å². The summed E-state index contributed by atoms with van der Waals surface area (Å²) in [4.78, 5) is 25.4. The lowest BCUT2D eigenvalue weighted by molar-refractivity contribution is 0.0822. The van der Waals surface area contributed by atoms with Crippen molar-refractivity contribution in [1.29, 1.82) is 0 Å². The van der Waals surface area contributed by atoms with Crippen LogP contribution in [0.5, 0.6) is 5.75 Å². The van der Waals surface area contributed by atoms with Crippen LogP contribution >= 0.6 is 15.9 Å². The molecule has 1 rings (SSSR count). The molecule has 0 aliphatic heterocycles. The van der Waals surface area contributed by atoms with Crippen LogP contribution < -0.4 is 4.74 Å². The summed E-state index contributed by atoms with van der Waals surface area (Å²) in [7, 11) is 4.75. The van der Waals surface area contributed by atoms with Crippen LogP contribution in [0.2, 0.25) is 0 Å². The molecule has 0 atom stereocenters. The van der Waals surface area contributed by atoms with Crippen molar-refractivity contribution in [2.24, 2.45) is 0 Å². The van der Waals surface area contributed by atoms with Gasteiger partial charge in [0.1, 0.15) is 5.75 Å². The monoisotopic (exact) mass is 311 g/mol. The number of methoxy groups -OCH3 is 1. The number of allylic oxidation sites excluding steroid dienone is 1. The SMILES string of the molecule is C=C(Br)C(=O)c1ccc(OC)cc1C(=O)N(C)C. The van der Waals surface area contributed by atoms with Crippen LogP contribution in [0.15, 0.2) is 29.3 Å². The Morgan fingerprint density at radius 3 is 2.33 bits per heavy atom. The van der Waals surface area contributed by atoms with E-state index in [-0.39, 0.29) is 16.2 Å². The quantitative estimate of drug-likeness (QED) is 0.634. The van der Waals surface area contributed by atoms with Crippen molar-refractivity contribution in [2.45, 2.75) is 0 Å². The normalized spacial score (nSPS) is 9.78. The van der Waals surface area contributed by atoms with Crippen molar-refractivity contribution >= 4 is 27.6 Å². The number of hydrogen-bond acceptors (Lipinski definition) is 3. The zero-order valence-corrected chi connectivity index (χ0v) is 12.1. The molecule has 0 bridgehead atoms. The van der Waals surface area contributed by atoms with Crippen molar-refractivity contribution in [3.63, 3.8) is 0 Å². The zero-order chi connectivity index (χ0) is 13.9. The van der Waals surface area contributed by atoms with Gasteiger partial charge in [0.2, 0.25) is 0 Å². The minimum Gasteiger partial charge on any atom is -0.497 e. The molecule has 0 aliphatic rings. The van der Waals surface area contributed by atoms with Gasteiger partial charge in [-0.25, -0.2) is 0 Å². The van der Waals surface area contributed by atoms with Gasteiger partial charge in [-0.15, -0.1) is 0 Å². The molecule has 0 saturated carbocycles. The second kappa shape index (κ2) is 5.82. The lowest BCUT2D eigenvalue weighted by Crippen LogP contribution is -2.24. The lowest BCUT2D eigenvalue weighted by Gasteiger charge is -2.14. The van der Waals surface area contributed by atoms with Gasteiger partial charge in [-0.2, -0.15) is 0 Å². The Labute approximate surface area is 114 Å². The van der Waals surface area contributed by atoms with Gasteiger partial charge in [-0.1, -0.05) is 6.58 Å². The molecule has 0 radical (unpaired) electrons. The Kier molecular flexibility index (Phi) is 4.67. The number of nitrogens with zero attached hydrogens (tertiary/aromatic N) is 1. The maximum atomic E-state index is 12.0. The van der Waals surface area contributed by atoms with Crippen molar-refractivity contribution in [2.75, 3.05) is 21.2 Å². The Morgan fingerprint density at radius 1 is 1.28 bits per heavy atom. The molecule has 0 fully saturated rings. The topological polar surface area (TPSA) is 46.6 Å². The number of Topliss-reactive ketones (excluding diaryl/α,β-unsaturated/α-hetero) is 1. The van der Waals surface area contributed by atoms with E-state index < -0.39 is 0 Å². The molecule has 1 aromatic carbocycles. The predicted octanol–water partition coefficient (Wildman–Crippen LogP) is 2.49. The van der Waals surface area contributed by atoms with Crippen LogP contribution in [0, 0.1) is 0 Å². The van der Waals surface area contributed by atoms with Gasteiger partial charge in [0.05, 0.1) is 17.2 Å². The van der Waals surface area contributed by atoms with Crippen LogP contribution in [0.1, 0.15) is 20.7 Å². The first kappa shape index (κ1) is 14.4. The van der Waals surface area contributed by atoms with Crippen LogP contribution in [0.4, 0.5) is 0 Å². The predicted molar refractivity (Wildman–Crippen MR) is 73.4 cm³/mol. The molecule has 4 nitrogen and oxygen atoms in total. The molecule has 0 saturated heterocycles. The van der Waals surface area contributed by atoms with E-state index in [0.29, 0.717) is 16.9 Å². The third-order valence-corrected chi connectivity index (χ3v) is 2.71. The smallest absolute Gasteiger partial charge is 0.254 e. The van der Waals surface area contributed by atoms with Crippen molar-refractivity contribution < 1.29 is 14.3 Å². The fourth-order valence-corrected chi connectivity index (χ4v) is 1.63. The summed E-state index contributed by atoms with van der Waals surface area (Å²) in [5.41, 5.74) is 0.598. The number of amides is 1. The number of rotatable bonds is 4. The van der Waals surface area contributed by atoms with Crippen LogP contribution in [0.25, 0.3) is 0 Å². The molecule has 0 N–H and O–H groups in total. The van der Waals surface area contributed by atoms with E-state index in [1.54, 1.807) is 32.3 Å². The highest BCUT2D eigenvalue weighted by Crippen LogP contribution is 2.22. The Morgan fingerprint density at radius 2 is 1.89 bits per heavy atom. The fourth-order valence-electron chi connectivity index (χ4n) is 1.41. The summed E-state index contributed by atoms with van der Waals surface area (Å²) in [6.07, 6.45) is 0. The number of halogens is 1. The first-order valence-electron chi connectivity index (χ1n) is 5.17. The Bertz CT molecular complexity index is 509. The van der Waals surface area contributed by atoms with Crippen molar-refractivity contribution in [3.05, 3.63) is 40.4 Å². The van der Waals surface area contributed by atoms with Gasteiger partial charge in [0.15, 0.2) is 5.78 Å². The highest BCUT2D eigenvalue weighted by atomic mass is 79.9. The minimum absolute atomic E-state index is 0.209. The molecule has 1 aromatic rings. The third kappa shape index (κ3) is 2.98. The second-order valence-corrected chi connectivity index (χ2v) is 4.80. The molecule has 1 amide bonds. The molecular weight excluding hydrogens is 298 g/mol. The standard InChI is InChI=1S/C13H14BrNO3/c1-8(14)12(16)10-6-5-9(18-4)7-11(10)13(17)15(2)3/h5-7H,1H2,2-4H3. The largest absolute Gasteiger partial charge is 0.497 e. The summed E-state index contributed by atoms with van der Waals surface area (Å²) in [6, 6.07) is 4.74. The number of ether oxygens (including phenoxy) is 1. The Balaban J connectivity index is 3.38. The third-order valence-electron chi connectivity index (χ3n) is 2.35. The van der Waals surface area contributed by atoms with Gasteiger partial charge in [0, 0.05) is 19.7 Å². The number of benzene rings is 1. The molecule has 0 aliphatic carbocycles. The van der Waals surface area contributed by atoms with E-state index >= 15 is 0 Å². The molecule has 0 unspecified atom stereocenters. The van der Waals surface area contributed by atoms with E-state index in [0.717, 1.165) is 0 Å². The summed E-state index contributed by atoms with van der Waals surface area (Å²) >= 11 is 3.03. The summed E-state index contributed by atoms with van der Waals surface area (Å²) < 4.78 is 5.27. The second-order valence-electron chi connectivity index (χ2n) is 3.85. The van der Waals surface area contributed by atoms with E-state index in [2.05, 4.69) is 22.5 Å². The molecular formula is C13H14BrNO3. The van der Waals surface area contributed by atoms with Gasteiger partial charge in [-0.05, 0) is 34.1 Å². The van der Waals surface area contributed by atoms with E-state index in [9.17, 15) is 9.59 Å². The average Bonchev–Trinajstić information content (AvgIpc) is 2.35. The Hall–Kier alpha value is -1.62. The summed E-state index contributed by atoms with van der Waals surface area (Å²) in [5.74, 6) is -0.0502. The number of carbonyl (C=O) groups excluding carboxylic acids is 2. The first-order chi connectivity index (χ1) is 8.38. The number of ketones is 1. The molecule has 18 heavy (non-hydrogen) atoms. The van der Waals surface area contributed by atoms with E-state index in [1.807, 2.05) is 0 Å². The van der Waals surface area contributed by atoms with Gasteiger partial charge in [-0.3, -0.25) is 9.59 Å². The minimum atomic E-state index is -0.317. The lowest BCUT2D eigenvalue weighted by atomic mass is 10.0. The van der Waals surface area contributed by atoms with E-state index in [4.69, 9.17) is 4.74 Å². The maximum absolute atomic E-state index is 12.0. The maximum Gasteiger partial charge on any atom is 0.254 e.